The molecule has 0 aliphatic carbocycles. The van der Waals surface area contributed by atoms with E-state index in [0.29, 0.717) is 12.1 Å². The second-order valence-electron chi connectivity index (χ2n) is 5.48. The Labute approximate surface area is 139 Å². The summed E-state index contributed by atoms with van der Waals surface area (Å²) in [5.41, 5.74) is 2.48. The molecule has 1 saturated heterocycles. The van der Waals surface area contributed by atoms with E-state index in [1.807, 2.05) is 18.2 Å². The number of piperazine rings is 1. The van der Waals surface area contributed by atoms with Gasteiger partial charge in [0.15, 0.2) is 0 Å². The fourth-order valence-electron chi connectivity index (χ4n) is 2.85. The average molecular weight is 366 g/mol. The van der Waals surface area contributed by atoms with Gasteiger partial charge in [-0.15, -0.1) is 0 Å². The Hall–Kier alpha value is -1.03. The molecule has 1 aliphatic heterocycles. The van der Waals surface area contributed by atoms with Crippen LogP contribution in [0.1, 0.15) is 18.5 Å². The summed E-state index contributed by atoms with van der Waals surface area (Å²) in [6, 6.07) is 17.4. The van der Waals surface area contributed by atoms with E-state index in [1.54, 1.807) is 0 Å². The van der Waals surface area contributed by atoms with Crippen LogP contribution in [0.2, 0.25) is 5.02 Å². The molecule has 0 amide bonds. The van der Waals surface area contributed by atoms with Crippen molar-refractivity contribution in [1.82, 2.24) is 5.32 Å². The first-order chi connectivity index (χ1) is 10.1. The fraction of sp³-hybridized carbons (Fsp3) is 0.294. The number of hydrogen-bond donors (Lipinski definition) is 1. The number of anilines is 1. The lowest BCUT2D eigenvalue weighted by molar-refractivity contribution is 0.416. The number of hydrogen-bond acceptors (Lipinski definition) is 2. The molecule has 2 unspecified atom stereocenters. The number of halogens is 2. The van der Waals surface area contributed by atoms with Crippen LogP contribution in [-0.4, -0.2) is 19.1 Å². The van der Waals surface area contributed by atoms with Crippen LogP contribution in [0.3, 0.4) is 0 Å². The summed E-state index contributed by atoms with van der Waals surface area (Å²) in [6.45, 7) is 4.11. The normalized spacial score (nSPS) is 22.3. The first-order valence-electron chi connectivity index (χ1n) is 7.15. The summed E-state index contributed by atoms with van der Waals surface area (Å²) in [4.78, 5) is 2.44. The van der Waals surface area contributed by atoms with Crippen LogP contribution in [0.5, 0.6) is 0 Å². The van der Waals surface area contributed by atoms with Gasteiger partial charge in [-0.2, -0.15) is 0 Å². The highest BCUT2D eigenvalue weighted by Crippen LogP contribution is 2.36. The lowest BCUT2D eigenvalue weighted by Gasteiger charge is -2.41. The van der Waals surface area contributed by atoms with Gasteiger partial charge >= 0.3 is 0 Å². The quantitative estimate of drug-likeness (QED) is 0.834. The number of nitrogens with zero attached hydrogens (tertiary/aromatic N) is 1. The summed E-state index contributed by atoms with van der Waals surface area (Å²) in [5.74, 6) is 0. The lowest BCUT2D eigenvalue weighted by Crippen LogP contribution is -2.51. The molecule has 0 spiro atoms. The van der Waals surface area contributed by atoms with Crippen LogP contribution in [0.25, 0.3) is 0 Å². The van der Waals surface area contributed by atoms with Crippen LogP contribution < -0.4 is 10.2 Å². The molecule has 1 fully saturated rings. The van der Waals surface area contributed by atoms with E-state index in [0.717, 1.165) is 28.3 Å². The number of benzene rings is 2. The Morgan fingerprint density at radius 3 is 2.71 bits per heavy atom. The maximum Gasteiger partial charge on any atom is 0.0668 e. The van der Waals surface area contributed by atoms with Gasteiger partial charge in [-0.05, 0) is 46.6 Å². The third kappa shape index (κ3) is 3.25. The zero-order valence-corrected chi connectivity index (χ0v) is 14.2. The van der Waals surface area contributed by atoms with Crippen molar-refractivity contribution in [3.63, 3.8) is 0 Å². The summed E-state index contributed by atoms with van der Waals surface area (Å²) >= 11 is 9.87. The zero-order valence-electron chi connectivity index (χ0n) is 11.9. The minimum Gasteiger partial charge on any atom is -0.361 e. The molecule has 1 N–H and O–H groups in total. The molecule has 21 heavy (non-hydrogen) atoms. The Balaban J connectivity index is 2.00. The molecular formula is C17H18BrClN2. The van der Waals surface area contributed by atoms with Gasteiger partial charge < -0.3 is 10.2 Å². The summed E-state index contributed by atoms with van der Waals surface area (Å²) < 4.78 is 1.09. The van der Waals surface area contributed by atoms with Gasteiger partial charge in [-0.25, -0.2) is 0 Å². The smallest absolute Gasteiger partial charge is 0.0668 e. The van der Waals surface area contributed by atoms with Crippen molar-refractivity contribution < 1.29 is 0 Å². The van der Waals surface area contributed by atoms with Gasteiger partial charge in [0.05, 0.1) is 11.7 Å². The Bertz CT molecular complexity index is 617. The van der Waals surface area contributed by atoms with E-state index < -0.39 is 0 Å². The first kappa shape index (κ1) is 14.9. The van der Waals surface area contributed by atoms with Crippen LogP contribution in [0, 0.1) is 0 Å². The van der Waals surface area contributed by atoms with E-state index >= 15 is 0 Å². The Kier molecular flexibility index (Phi) is 4.53. The van der Waals surface area contributed by atoms with Gasteiger partial charge in [-0.3, -0.25) is 0 Å². The van der Waals surface area contributed by atoms with Gasteiger partial charge in [0.25, 0.3) is 0 Å². The lowest BCUT2D eigenvalue weighted by atomic mass is 10.0. The minimum atomic E-state index is 0.317. The predicted octanol–water partition coefficient (Wildman–Crippen LogP) is 4.64. The second kappa shape index (κ2) is 6.39. The van der Waals surface area contributed by atoms with Crippen molar-refractivity contribution in [2.24, 2.45) is 0 Å². The molecule has 4 heteroatoms. The number of nitrogens with one attached hydrogen (secondary N) is 1. The van der Waals surface area contributed by atoms with Crippen LogP contribution in [0.15, 0.2) is 53.0 Å². The monoisotopic (exact) mass is 364 g/mol. The van der Waals surface area contributed by atoms with Crippen molar-refractivity contribution in [2.75, 3.05) is 18.0 Å². The third-order valence-electron chi connectivity index (χ3n) is 3.91. The van der Waals surface area contributed by atoms with Gasteiger partial charge in [0.1, 0.15) is 0 Å². The van der Waals surface area contributed by atoms with Crippen molar-refractivity contribution in [1.29, 1.82) is 0 Å². The van der Waals surface area contributed by atoms with Gasteiger partial charge in [0.2, 0.25) is 0 Å². The molecule has 0 aromatic heterocycles. The molecule has 1 heterocycles. The second-order valence-corrected chi connectivity index (χ2v) is 6.77. The zero-order chi connectivity index (χ0) is 14.8. The predicted molar refractivity (Wildman–Crippen MR) is 93.1 cm³/mol. The minimum absolute atomic E-state index is 0.317. The number of rotatable bonds is 2. The Morgan fingerprint density at radius 2 is 1.95 bits per heavy atom. The average Bonchev–Trinajstić information content (AvgIpc) is 2.50. The van der Waals surface area contributed by atoms with Crippen LogP contribution >= 0.6 is 27.5 Å². The van der Waals surface area contributed by atoms with E-state index in [4.69, 9.17) is 11.6 Å². The topological polar surface area (TPSA) is 15.3 Å². The molecule has 1 aliphatic rings. The highest BCUT2D eigenvalue weighted by molar-refractivity contribution is 9.10. The summed E-state index contributed by atoms with van der Waals surface area (Å²) in [6.07, 6.45) is 0. The van der Waals surface area contributed by atoms with E-state index in [9.17, 15) is 0 Å². The van der Waals surface area contributed by atoms with Crippen LogP contribution in [-0.2, 0) is 0 Å². The molecule has 3 rings (SSSR count). The van der Waals surface area contributed by atoms with Gasteiger partial charge in [0, 0.05) is 28.6 Å². The standard InChI is InChI=1S/C17H18BrClN2/c1-12-11-21(16-9-14(19)7-8-15(16)18)17(10-20-12)13-5-3-2-4-6-13/h2-9,12,17,20H,10-11H2,1H3. The fourth-order valence-corrected chi connectivity index (χ4v) is 3.50. The molecule has 0 bridgehead atoms. The molecular weight excluding hydrogens is 348 g/mol. The molecule has 110 valence electrons. The summed E-state index contributed by atoms with van der Waals surface area (Å²) in [7, 11) is 0. The molecule has 2 aromatic carbocycles. The molecule has 2 aromatic rings. The molecule has 0 radical (unpaired) electrons. The van der Waals surface area contributed by atoms with Crippen molar-refractivity contribution in [3.8, 4) is 0 Å². The van der Waals surface area contributed by atoms with E-state index in [2.05, 4.69) is 63.4 Å². The summed E-state index contributed by atoms with van der Waals surface area (Å²) in [5, 5.41) is 4.34. The molecule has 2 nitrogen and oxygen atoms in total. The van der Waals surface area contributed by atoms with Gasteiger partial charge in [-0.1, -0.05) is 41.9 Å². The maximum atomic E-state index is 6.20. The SMILES string of the molecule is CC1CN(c2cc(Cl)ccc2Br)C(c2ccccc2)CN1. The highest BCUT2D eigenvalue weighted by atomic mass is 79.9. The van der Waals surface area contributed by atoms with Crippen LogP contribution in [0.4, 0.5) is 5.69 Å². The van der Waals surface area contributed by atoms with Crippen molar-refractivity contribution >= 4 is 33.2 Å². The third-order valence-corrected chi connectivity index (χ3v) is 4.81. The molecule has 0 saturated carbocycles. The largest absolute Gasteiger partial charge is 0.361 e. The molecule has 2 atom stereocenters. The van der Waals surface area contributed by atoms with Crippen molar-refractivity contribution in [2.45, 2.75) is 19.0 Å². The van der Waals surface area contributed by atoms with E-state index in [1.165, 1.54) is 5.56 Å². The Morgan fingerprint density at radius 1 is 1.19 bits per heavy atom. The van der Waals surface area contributed by atoms with Crippen molar-refractivity contribution in [3.05, 3.63) is 63.6 Å². The maximum absolute atomic E-state index is 6.20. The van der Waals surface area contributed by atoms with E-state index in [-0.39, 0.29) is 0 Å². The highest BCUT2D eigenvalue weighted by Gasteiger charge is 2.28. The first-order valence-corrected chi connectivity index (χ1v) is 8.32.